The summed E-state index contributed by atoms with van der Waals surface area (Å²) < 4.78 is 0. The Kier molecular flexibility index (Phi) is 6.61. The SMILES string of the molecule is O=C(O)C1CCCCCCC1.[LiH]. The molecule has 3 heteroatoms. The molecule has 1 N–H and O–H groups in total. The van der Waals surface area contributed by atoms with Crippen molar-refractivity contribution in [2.45, 2.75) is 44.9 Å². The average molecular weight is 164 g/mol. The van der Waals surface area contributed by atoms with E-state index >= 15 is 0 Å². The van der Waals surface area contributed by atoms with Crippen LogP contribution in [0, 0.1) is 5.92 Å². The number of carbonyl (C=O) groups is 1. The summed E-state index contributed by atoms with van der Waals surface area (Å²) in [5.74, 6) is -0.637. The van der Waals surface area contributed by atoms with Crippen LogP contribution in [0.15, 0.2) is 0 Å². The maximum atomic E-state index is 10.6. The van der Waals surface area contributed by atoms with Gasteiger partial charge in [0.2, 0.25) is 0 Å². The number of hydrogen-bond acceptors (Lipinski definition) is 1. The zero-order valence-corrected chi connectivity index (χ0v) is 6.88. The van der Waals surface area contributed by atoms with Crippen molar-refractivity contribution in [3.63, 3.8) is 0 Å². The molecule has 0 unspecified atom stereocenters. The molecule has 0 aromatic carbocycles. The van der Waals surface area contributed by atoms with Gasteiger partial charge in [-0.3, -0.25) is 4.79 Å². The van der Waals surface area contributed by atoms with Gasteiger partial charge in [-0.2, -0.15) is 0 Å². The van der Waals surface area contributed by atoms with Crippen molar-refractivity contribution in [1.82, 2.24) is 0 Å². The summed E-state index contributed by atoms with van der Waals surface area (Å²) in [6, 6.07) is 0. The standard InChI is InChI=1S/C9H16O2.Li.H/c10-9(11)8-6-4-2-1-3-5-7-8;;/h8H,1-7H2,(H,10,11);;. The van der Waals surface area contributed by atoms with Crippen LogP contribution in [0.3, 0.4) is 0 Å². The summed E-state index contributed by atoms with van der Waals surface area (Å²) in [6.07, 6.45) is 7.76. The number of hydrogen-bond donors (Lipinski definition) is 1. The molecule has 0 spiro atoms. The summed E-state index contributed by atoms with van der Waals surface area (Å²) in [5.41, 5.74) is 0. The van der Waals surface area contributed by atoms with Crippen molar-refractivity contribution < 1.29 is 9.90 Å². The van der Waals surface area contributed by atoms with Gasteiger partial charge in [-0.05, 0) is 12.8 Å². The van der Waals surface area contributed by atoms with E-state index in [1.165, 1.54) is 19.3 Å². The molecule has 0 aromatic rings. The van der Waals surface area contributed by atoms with Gasteiger partial charge < -0.3 is 5.11 Å². The zero-order chi connectivity index (χ0) is 8.10. The fraction of sp³-hybridized carbons (Fsp3) is 0.889. The predicted octanol–water partition coefficient (Wildman–Crippen LogP) is 1.78. The average Bonchev–Trinajstić information content (AvgIpc) is 1.84. The molecule has 0 aliphatic heterocycles. The molecule has 0 atom stereocenters. The van der Waals surface area contributed by atoms with Crippen LogP contribution in [-0.4, -0.2) is 29.9 Å². The van der Waals surface area contributed by atoms with Crippen LogP contribution < -0.4 is 0 Å². The van der Waals surface area contributed by atoms with E-state index in [0.717, 1.165) is 25.7 Å². The van der Waals surface area contributed by atoms with Crippen LogP contribution in [-0.2, 0) is 4.79 Å². The van der Waals surface area contributed by atoms with Gasteiger partial charge in [-0.15, -0.1) is 0 Å². The minimum atomic E-state index is -0.591. The summed E-state index contributed by atoms with van der Waals surface area (Å²) in [7, 11) is 0. The van der Waals surface area contributed by atoms with Crippen molar-refractivity contribution in [2.24, 2.45) is 5.92 Å². The predicted molar refractivity (Wildman–Crippen MR) is 50.6 cm³/mol. The zero-order valence-electron chi connectivity index (χ0n) is 6.88. The van der Waals surface area contributed by atoms with Crippen LogP contribution >= 0.6 is 0 Å². The third kappa shape index (κ3) is 4.18. The monoisotopic (exact) mass is 164 g/mol. The number of aliphatic carboxylic acids is 1. The Balaban J connectivity index is 0.00000121. The quantitative estimate of drug-likeness (QED) is 0.600. The Hall–Kier alpha value is 0.0674. The first kappa shape index (κ1) is 12.1. The van der Waals surface area contributed by atoms with Gasteiger partial charge in [-0.25, -0.2) is 0 Å². The van der Waals surface area contributed by atoms with E-state index in [-0.39, 0.29) is 24.8 Å². The molecule has 1 aliphatic rings. The first-order valence-electron chi connectivity index (χ1n) is 4.53. The summed E-state index contributed by atoms with van der Waals surface area (Å²) >= 11 is 0. The van der Waals surface area contributed by atoms with Gasteiger partial charge >= 0.3 is 24.8 Å². The van der Waals surface area contributed by atoms with E-state index in [0.29, 0.717) is 0 Å². The molecule has 2 nitrogen and oxygen atoms in total. The van der Waals surface area contributed by atoms with Crippen molar-refractivity contribution in [3.05, 3.63) is 0 Å². The number of rotatable bonds is 1. The molecular weight excluding hydrogens is 147 g/mol. The summed E-state index contributed by atoms with van der Waals surface area (Å²) in [4.78, 5) is 10.6. The molecule has 66 valence electrons. The molecule has 0 saturated heterocycles. The topological polar surface area (TPSA) is 37.3 Å². The van der Waals surface area contributed by atoms with Crippen LogP contribution in [0.2, 0.25) is 0 Å². The second-order valence-electron chi connectivity index (χ2n) is 3.38. The Labute approximate surface area is 85.9 Å². The van der Waals surface area contributed by atoms with Crippen molar-refractivity contribution in [2.75, 3.05) is 0 Å². The van der Waals surface area contributed by atoms with Crippen LogP contribution in [0.25, 0.3) is 0 Å². The number of carboxylic acid groups (broad SMARTS) is 1. The van der Waals surface area contributed by atoms with E-state index < -0.39 is 5.97 Å². The third-order valence-electron chi connectivity index (χ3n) is 2.45. The van der Waals surface area contributed by atoms with Gasteiger partial charge in [0.25, 0.3) is 0 Å². The molecule has 0 amide bonds. The molecule has 0 heterocycles. The molecule has 0 aromatic heterocycles. The first-order valence-corrected chi connectivity index (χ1v) is 4.53. The molecular formula is C9H17LiO2. The van der Waals surface area contributed by atoms with Gasteiger partial charge in [-0.1, -0.05) is 32.1 Å². The van der Waals surface area contributed by atoms with Crippen LogP contribution in [0.5, 0.6) is 0 Å². The molecule has 1 aliphatic carbocycles. The fourth-order valence-corrected chi connectivity index (χ4v) is 1.70. The molecule has 1 fully saturated rings. The Morgan fingerprint density at radius 2 is 1.42 bits per heavy atom. The molecule has 1 rings (SSSR count). The Morgan fingerprint density at radius 3 is 1.83 bits per heavy atom. The van der Waals surface area contributed by atoms with E-state index in [1.54, 1.807) is 0 Å². The van der Waals surface area contributed by atoms with E-state index in [2.05, 4.69) is 0 Å². The normalized spacial score (nSPS) is 20.3. The summed E-state index contributed by atoms with van der Waals surface area (Å²) in [6.45, 7) is 0. The van der Waals surface area contributed by atoms with Gasteiger partial charge in [0.15, 0.2) is 0 Å². The minimum absolute atomic E-state index is 0. The number of carboxylic acids is 1. The third-order valence-corrected chi connectivity index (χ3v) is 2.45. The van der Waals surface area contributed by atoms with Gasteiger partial charge in [0.05, 0.1) is 5.92 Å². The van der Waals surface area contributed by atoms with Crippen molar-refractivity contribution in [3.8, 4) is 0 Å². The Bertz CT molecular complexity index is 128. The van der Waals surface area contributed by atoms with Crippen LogP contribution in [0.1, 0.15) is 44.9 Å². The Morgan fingerprint density at radius 1 is 1.00 bits per heavy atom. The molecule has 0 radical (unpaired) electrons. The van der Waals surface area contributed by atoms with Gasteiger partial charge in [0, 0.05) is 0 Å². The van der Waals surface area contributed by atoms with E-state index in [1.807, 2.05) is 0 Å². The molecule has 12 heavy (non-hydrogen) atoms. The van der Waals surface area contributed by atoms with E-state index in [4.69, 9.17) is 5.11 Å². The first-order chi connectivity index (χ1) is 5.30. The maximum absolute atomic E-state index is 10.6. The van der Waals surface area contributed by atoms with Crippen molar-refractivity contribution in [1.29, 1.82) is 0 Å². The molecule has 1 saturated carbocycles. The fourth-order valence-electron chi connectivity index (χ4n) is 1.70. The van der Waals surface area contributed by atoms with Crippen molar-refractivity contribution >= 4 is 24.8 Å². The summed E-state index contributed by atoms with van der Waals surface area (Å²) in [5, 5.41) is 8.76. The van der Waals surface area contributed by atoms with Gasteiger partial charge in [0.1, 0.15) is 0 Å². The molecule has 0 bridgehead atoms. The second kappa shape index (κ2) is 6.57. The second-order valence-corrected chi connectivity index (χ2v) is 3.38. The van der Waals surface area contributed by atoms with Crippen LogP contribution in [0.4, 0.5) is 0 Å². The van der Waals surface area contributed by atoms with E-state index in [9.17, 15) is 4.79 Å².